The molecule has 1 unspecified atom stereocenters. The van der Waals surface area contributed by atoms with Gasteiger partial charge in [0, 0.05) is 36.5 Å². The van der Waals surface area contributed by atoms with Crippen LogP contribution in [0.5, 0.6) is 11.5 Å². The molecule has 0 saturated carbocycles. The molecular formula is C31H37ClFN5O6. The van der Waals surface area contributed by atoms with E-state index in [0.717, 1.165) is 0 Å². The number of anilines is 2. The van der Waals surface area contributed by atoms with Gasteiger partial charge in [0.25, 0.3) is 5.91 Å². The Morgan fingerprint density at radius 2 is 2.11 bits per heavy atom. The largest absolute Gasteiger partial charge is 0.493 e. The molecule has 2 aromatic heterocycles. The third-order valence-corrected chi connectivity index (χ3v) is 7.70. The molecule has 1 fully saturated rings. The number of pyridine rings is 1. The number of carbonyl (C=O) groups excluding carboxylic acids is 2. The first-order chi connectivity index (χ1) is 21.1. The van der Waals surface area contributed by atoms with Gasteiger partial charge in [-0.1, -0.05) is 17.7 Å². The number of hydrogen-bond donors (Lipinski definition) is 3. The number of aromatic nitrogens is 2. The van der Waals surface area contributed by atoms with E-state index in [1.165, 1.54) is 7.11 Å². The van der Waals surface area contributed by atoms with E-state index < -0.39 is 24.4 Å². The quantitative estimate of drug-likeness (QED) is 0.276. The van der Waals surface area contributed by atoms with E-state index in [0.29, 0.717) is 70.1 Å². The molecule has 3 aromatic rings. The van der Waals surface area contributed by atoms with Crippen LogP contribution in [0.4, 0.5) is 20.6 Å². The van der Waals surface area contributed by atoms with Crippen LogP contribution in [0.1, 0.15) is 49.2 Å². The van der Waals surface area contributed by atoms with Crippen molar-refractivity contribution >= 4 is 35.0 Å². The SMILES string of the molecule is COc1c(Cl)cccc1Nc1c(-c2ccncc2OC[C@@H]2COCCN2C(=O)OC(C)(C)C)[nH]c2c1C(=O)NCC2CCF. The van der Waals surface area contributed by atoms with Gasteiger partial charge in [-0.05, 0) is 45.4 Å². The normalized spacial score (nSPS) is 18.3. The number of ether oxygens (including phenoxy) is 4. The summed E-state index contributed by atoms with van der Waals surface area (Å²) < 4.78 is 36.7. The van der Waals surface area contributed by atoms with Crippen LogP contribution in [-0.2, 0) is 9.47 Å². The van der Waals surface area contributed by atoms with Crippen molar-refractivity contribution in [2.45, 2.75) is 44.8 Å². The fourth-order valence-electron chi connectivity index (χ4n) is 5.36. The summed E-state index contributed by atoms with van der Waals surface area (Å²) >= 11 is 6.40. The van der Waals surface area contributed by atoms with E-state index in [9.17, 15) is 14.0 Å². The van der Waals surface area contributed by atoms with Crippen molar-refractivity contribution in [3.63, 3.8) is 0 Å². The van der Waals surface area contributed by atoms with Crippen molar-refractivity contribution in [3.8, 4) is 22.8 Å². The van der Waals surface area contributed by atoms with Gasteiger partial charge in [0.1, 0.15) is 18.0 Å². The van der Waals surface area contributed by atoms with E-state index in [-0.39, 0.29) is 31.5 Å². The lowest BCUT2D eigenvalue weighted by Crippen LogP contribution is -2.52. The van der Waals surface area contributed by atoms with Crippen molar-refractivity contribution < 1.29 is 32.9 Å². The summed E-state index contributed by atoms with van der Waals surface area (Å²) in [5.41, 5.74) is 2.47. The Hall–Kier alpha value is -4.03. The van der Waals surface area contributed by atoms with Crippen molar-refractivity contribution in [3.05, 3.63) is 52.9 Å². The maximum atomic E-state index is 13.6. The standard InChI is InChI=1S/C31H37ClFN5O6/c1-31(2,3)44-30(40)38-12-13-42-16-19(38)17-43-23-15-34-11-9-20(23)26-27(36-22-7-5-6-21(32)28(22)41-4)24-25(37-26)18(8-10-33)14-35-29(24)39/h5-7,9,11,15,18-19,36-37H,8,10,12-14,16-17H2,1-4H3,(H,35,39)/t18?,19-/m0/s1. The molecule has 0 bridgehead atoms. The van der Waals surface area contributed by atoms with Gasteiger partial charge in [-0.25, -0.2) is 4.79 Å². The summed E-state index contributed by atoms with van der Waals surface area (Å²) in [5.74, 6) is 0.239. The number of rotatable bonds is 9. The number of H-pyrrole nitrogens is 1. The van der Waals surface area contributed by atoms with Crippen LogP contribution in [0.25, 0.3) is 11.3 Å². The summed E-state index contributed by atoms with van der Waals surface area (Å²) in [7, 11) is 1.51. The number of morpholine rings is 1. The van der Waals surface area contributed by atoms with E-state index >= 15 is 0 Å². The van der Waals surface area contributed by atoms with Gasteiger partial charge >= 0.3 is 6.09 Å². The fourth-order valence-corrected chi connectivity index (χ4v) is 5.62. The molecule has 3 N–H and O–H groups in total. The molecule has 2 atom stereocenters. The number of halogens is 2. The van der Waals surface area contributed by atoms with Crippen LogP contribution in [0.3, 0.4) is 0 Å². The van der Waals surface area contributed by atoms with Gasteiger partial charge in [-0.3, -0.25) is 19.1 Å². The molecule has 0 spiro atoms. The minimum absolute atomic E-state index is 0.105. The summed E-state index contributed by atoms with van der Waals surface area (Å²) in [6.45, 7) is 6.36. The maximum absolute atomic E-state index is 13.6. The minimum atomic E-state index is -0.647. The minimum Gasteiger partial charge on any atom is -0.493 e. The molecule has 2 aliphatic rings. The third kappa shape index (κ3) is 6.71. The summed E-state index contributed by atoms with van der Waals surface area (Å²) in [5, 5.41) is 6.63. The van der Waals surface area contributed by atoms with Gasteiger partial charge in [-0.15, -0.1) is 0 Å². The summed E-state index contributed by atoms with van der Waals surface area (Å²) in [6.07, 6.45) is 2.97. The van der Waals surface area contributed by atoms with Crippen LogP contribution in [0, 0.1) is 0 Å². The predicted molar refractivity (Wildman–Crippen MR) is 164 cm³/mol. The Labute approximate surface area is 260 Å². The molecule has 0 aliphatic carbocycles. The second-order valence-corrected chi connectivity index (χ2v) is 12.0. The first-order valence-corrected chi connectivity index (χ1v) is 14.8. The molecule has 1 saturated heterocycles. The average molecular weight is 630 g/mol. The first kappa shape index (κ1) is 31.4. The monoisotopic (exact) mass is 629 g/mol. The summed E-state index contributed by atoms with van der Waals surface area (Å²) in [4.78, 5) is 35.5. The smallest absolute Gasteiger partial charge is 0.410 e. The highest BCUT2D eigenvalue weighted by molar-refractivity contribution is 6.32. The molecule has 236 valence electrons. The molecule has 5 rings (SSSR count). The molecule has 1 aromatic carbocycles. The van der Waals surface area contributed by atoms with Crippen LogP contribution >= 0.6 is 11.6 Å². The van der Waals surface area contributed by atoms with E-state index in [4.69, 9.17) is 30.5 Å². The van der Waals surface area contributed by atoms with E-state index in [1.54, 1.807) is 41.6 Å². The molecular weight excluding hydrogens is 593 g/mol. The molecule has 4 heterocycles. The van der Waals surface area contributed by atoms with Crippen molar-refractivity contribution in [1.82, 2.24) is 20.2 Å². The average Bonchev–Trinajstić information content (AvgIpc) is 3.37. The number of aromatic amines is 1. The van der Waals surface area contributed by atoms with Crippen LogP contribution in [-0.4, -0.2) is 85.2 Å². The van der Waals surface area contributed by atoms with E-state index in [2.05, 4.69) is 20.6 Å². The molecule has 2 amide bonds. The topological polar surface area (TPSA) is 127 Å². The highest BCUT2D eigenvalue weighted by Gasteiger charge is 2.35. The van der Waals surface area contributed by atoms with Gasteiger partial charge < -0.3 is 34.6 Å². The Balaban J connectivity index is 1.52. The van der Waals surface area contributed by atoms with Crippen molar-refractivity contribution in [2.75, 3.05) is 52.0 Å². The lowest BCUT2D eigenvalue weighted by Gasteiger charge is -2.36. The number of amides is 2. The molecule has 44 heavy (non-hydrogen) atoms. The maximum Gasteiger partial charge on any atom is 0.410 e. The number of alkyl halides is 1. The van der Waals surface area contributed by atoms with Crippen LogP contribution in [0.2, 0.25) is 5.02 Å². The zero-order chi connectivity index (χ0) is 31.4. The first-order valence-electron chi connectivity index (χ1n) is 14.4. The highest BCUT2D eigenvalue weighted by atomic mass is 35.5. The van der Waals surface area contributed by atoms with Gasteiger partial charge in [0.05, 0.1) is 66.9 Å². The number of hydrogen-bond acceptors (Lipinski definition) is 8. The Morgan fingerprint density at radius 3 is 2.86 bits per heavy atom. The second kappa shape index (κ2) is 13.3. The highest BCUT2D eigenvalue weighted by Crippen LogP contribution is 2.45. The van der Waals surface area contributed by atoms with Gasteiger partial charge in [0.2, 0.25) is 0 Å². The third-order valence-electron chi connectivity index (χ3n) is 7.40. The van der Waals surface area contributed by atoms with Crippen molar-refractivity contribution in [1.29, 1.82) is 0 Å². The molecule has 11 nitrogen and oxygen atoms in total. The van der Waals surface area contributed by atoms with Crippen LogP contribution in [0.15, 0.2) is 36.7 Å². The zero-order valence-electron chi connectivity index (χ0n) is 25.2. The zero-order valence-corrected chi connectivity index (χ0v) is 25.9. The lowest BCUT2D eigenvalue weighted by atomic mass is 9.94. The number of nitrogens with one attached hydrogen (secondary N) is 3. The predicted octanol–water partition coefficient (Wildman–Crippen LogP) is 5.68. The lowest BCUT2D eigenvalue weighted by molar-refractivity contribution is -0.0418. The Kier molecular flexibility index (Phi) is 9.50. The fraction of sp³-hybridized carbons (Fsp3) is 0.452. The number of fused-ring (bicyclic) bond motifs is 1. The second-order valence-electron chi connectivity index (χ2n) is 11.6. The Bertz CT molecular complexity index is 1510. The number of carbonyl (C=O) groups is 2. The van der Waals surface area contributed by atoms with Crippen LogP contribution < -0.4 is 20.1 Å². The van der Waals surface area contributed by atoms with Gasteiger partial charge in [-0.2, -0.15) is 0 Å². The number of methoxy groups -OCH3 is 1. The molecule has 13 heteroatoms. The number of benzene rings is 1. The number of para-hydroxylation sites is 1. The molecule has 2 aliphatic heterocycles. The van der Waals surface area contributed by atoms with Gasteiger partial charge in [0.15, 0.2) is 5.75 Å². The summed E-state index contributed by atoms with van der Waals surface area (Å²) in [6, 6.07) is 6.61. The van der Waals surface area contributed by atoms with Crippen molar-refractivity contribution in [2.24, 2.45) is 0 Å². The molecule has 0 radical (unpaired) electrons. The van der Waals surface area contributed by atoms with E-state index in [1.807, 2.05) is 20.8 Å². The number of nitrogens with zero attached hydrogens (tertiary/aromatic N) is 2. The Morgan fingerprint density at radius 1 is 1.30 bits per heavy atom.